The summed E-state index contributed by atoms with van der Waals surface area (Å²) in [6.45, 7) is 13.9. The largest absolute Gasteiger partial charge is 0.355 e. The number of H-pyrrole nitrogens is 1. The fourth-order valence-electron chi connectivity index (χ4n) is 4.51. The SMILES string of the molecule is CCC(C)(C)C(c1ccccc1)c1ccc2[nH]c3ccc(C(C)(C)C)cc3c2c1. The first-order valence-electron chi connectivity index (χ1n) is 10.8. The lowest BCUT2D eigenvalue weighted by molar-refractivity contribution is 0.305. The molecular formula is C28H33N. The summed E-state index contributed by atoms with van der Waals surface area (Å²) in [4.78, 5) is 3.62. The van der Waals surface area contributed by atoms with Crippen molar-refractivity contribution >= 4 is 21.8 Å². The second-order valence-corrected chi connectivity index (χ2v) is 10.1. The minimum Gasteiger partial charge on any atom is -0.355 e. The van der Waals surface area contributed by atoms with Gasteiger partial charge in [0.25, 0.3) is 0 Å². The minimum atomic E-state index is 0.145. The zero-order chi connectivity index (χ0) is 20.8. The molecule has 4 aromatic rings. The highest BCUT2D eigenvalue weighted by atomic mass is 14.7. The van der Waals surface area contributed by atoms with E-state index in [2.05, 4.69) is 113 Å². The number of hydrogen-bond donors (Lipinski definition) is 1. The Morgan fingerprint density at radius 3 is 1.97 bits per heavy atom. The van der Waals surface area contributed by atoms with Crippen LogP contribution in [-0.2, 0) is 5.41 Å². The second-order valence-electron chi connectivity index (χ2n) is 10.1. The number of hydrogen-bond acceptors (Lipinski definition) is 0. The average Bonchev–Trinajstić information content (AvgIpc) is 3.05. The van der Waals surface area contributed by atoms with Gasteiger partial charge >= 0.3 is 0 Å². The molecule has 1 heterocycles. The number of nitrogens with one attached hydrogen (secondary N) is 1. The van der Waals surface area contributed by atoms with Gasteiger partial charge in [-0.2, -0.15) is 0 Å². The van der Waals surface area contributed by atoms with Crippen molar-refractivity contribution in [2.75, 3.05) is 0 Å². The number of aromatic nitrogens is 1. The van der Waals surface area contributed by atoms with Gasteiger partial charge in [0.15, 0.2) is 0 Å². The molecule has 3 aromatic carbocycles. The van der Waals surface area contributed by atoms with Gasteiger partial charge in [0.1, 0.15) is 0 Å². The molecule has 0 saturated carbocycles. The van der Waals surface area contributed by atoms with Crippen LogP contribution in [-0.4, -0.2) is 4.98 Å². The summed E-state index contributed by atoms with van der Waals surface area (Å²) in [6, 6.07) is 24.9. The van der Waals surface area contributed by atoms with Crippen molar-refractivity contribution in [3.63, 3.8) is 0 Å². The number of fused-ring (bicyclic) bond motifs is 3. The third-order valence-corrected chi connectivity index (χ3v) is 6.65. The maximum atomic E-state index is 3.62. The van der Waals surface area contributed by atoms with Gasteiger partial charge < -0.3 is 4.98 Å². The monoisotopic (exact) mass is 383 g/mol. The quantitative estimate of drug-likeness (QED) is 0.365. The molecule has 1 N–H and O–H groups in total. The lowest BCUT2D eigenvalue weighted by atomic mass is 9.69. The lowest BCUT2D eigenvalue weighted by Crippen LogP contribution is -2.22. The molecule has 0 spiro atoms. The standard InChI is InChI=1S/C28H33N/c1-7-28(5,6)26(19-11-9-8-10-12-19)20-13-15-24-22(17-20)23-18-21(27(2,3)4)14-16-25(23)29-24/h8-18,26,29H,7H2,1-6H3. The van der Waals surface area contributed by atoms with Gasteiger partial charge in [-0.15, -0.1) is 0 Å². The van der Waals surface area contributed by atoms with Crippen LogP contribution < -0.4 is 0 Å². The highest BCUT2D eigenvalue weighted by molar-refractivity contribution is 6.07. The summed E-state index contributed by atoms with van der Waals surface area (Å²) in [6.07, 6.45) is 1.13. The van der Waals surface area contributed by atoms with Crippen LogP contribution in [0.15, 0.2) is 66.7 Å². The molecular weight excluding hydrogens is 350 g/mol. The van der Waals surface area contributed by atoms with Crippen molar-refractivity contribution in [3.05, 3.63) is 83.4 Å². The Balaban J connectivity index is 1.94. The second kappa shape index (κ2) is 7.06. The molecule has 1 aromatic heterocycles. The predicted octanol–water partition coefficient (Wildman–Crippen LogP) is 8.19. The van der Waals surface area contributed by atoms with E-state index in [4.69, 9.17) is 0 Å². The summed E-state index contributed by atoms with van der Waals surface area (Å²) < 4.78 is 0. The Morgan fingerprint density at radius 2 is 1.34 bits per heavy atom. The maximum absolute atomic E-state index is 3.62. The highest BCUT2D eigenvalue weighted by Gasteiger charge is 2.31. The van der Waals surface area contributed by atoms with Crippen molar-refractivity contribution < 1.29 is 0 Å². The Bertz CT molecular complexity index is 1140. The van der Waals surface area contributed by atoms with E-state index in [0.717, 1.165) is 6.42 Å². The molecule has 29 heavy (non-hydrogen) atoms. The number of rotatable bonds is 4. The van der Waals surface area contributed by atoms with Gasteiger partial charge in [0, 0.05) is 27.7 Å². The molecule has 1 nitrogen and oxygen atoms in total. The maximum Gasteiger partial charge on any atom is 0.0465 e. The Labute approximate surface area is 175 Å². The highest BCUT2D eigenvalue weighted by Crippen LogP contribution is 2.44. The van der Waals surface area contributed by atoms with Gasteiger partial charge in [0.2, 0.25) is 0 Å². The summed E-state index contributed by atoms with van der Waals surface area (Å²) in [5.74, 6) is 0.369. The first-order chi connectivity index (χ1) is 13.7. The van der Waals surface area contributed by atoms with E-state index in [1.165, 1.54) is 38.5 Å². The van der Waals surface area contributed by atoms with Crippen LogP contribution in [0.1, 0.15) is 70.6 Å². The molecule has 1 heteroatoms. The van der Waals surface area contributed by atoms with Crippen molar-refractivity contribution in [1.29, 1.82) is 0 Å². The van der Waals surface area contributed by atoms with E-state index in [1.807, 2.05) is 0 Å². The zero-order valence-electron chi connectivity index (χ0n) is 18.6. The summed E-state index contributed by atoms with van der Waals surface area (Å²) in [5, 5.41) is 2.66. The molecule has 0 fully saturated rings. The predicted molar refractivity (Wildman–Crippen MR) is 127 cm³/mol. The smallest absolute Gasteiger partial charge is 0.0465 e. The van der Waals surface area contributed by atoms with Gasteiger partial charge in [-0.3, -0.25) is 0 Å². The van der Waals surface area contributed by atoms with Crippen LogP contribution in [0.25, 0.3) is 21.8 Å². The topological polar surface area (TPSA) is 15.8 Å². The van der Waals surface area contributed by atoms with Gasteiger partial charge in [-0.1, -0.05) is 90.4 Å². The van der Waals surface area contributed by atoms with Crippen molar-refractivity contribution in [2.45, 2.75) is 59.3 Å². The Kier molecular flexibility index (Phi) is 4.81. The molecule has 0 aliphatic rings. The molecule has 150 valence electrons. The van der Waals surface area contributed by atoms with Crippen molar-refractivity contribution in [2.24, 2.45) is 5.41 Å². The normalized spacial score (nSPS) is 13.9. The van der Waals surface area contributed by atoms with Crippen LogP contribution in [0, 0.1) is 5.41 Å². The summed E-state index contributed by atoms with van der Waals surface area (Å²) in [7, 11) is 0. The van der Waals surface area contributed by atoms with Crippen LogP contribution in [0.3, 0.4) is 0 Å². The number of aromatic amines is 1. The molecule has 4 rings (SSSR count). The van der Waals surface area contributed by atoms with E-state index in [9.17, 15) is 0 Å². The van der Waals surface area contributed by atoms with Crippen LogP contribution in [0.4, 0.5) is 0 Å². The molecule has 0 amide bonds. The van der Waals surface area contributed by atoms with E-state index in [-0.39, 0.29) is 10.8 Å². The summed E-state index contributed by atoms with van der Waals surface area (Å²) in [5.41, 5.74) is 6.94. The first kappa shape index (κ1) is 19.8. The molecule has 0 bridgehead atoms. The van der Waals surface area contributed by atoms with E-state index >= 15 is 0 Å². The Morgan fingerprint density at radius 1 is 0.724 bits per heavy atom. The van der Waals surface area contributed by atoms with Crippen LogP contribution in [0.2, 0.25) is 0 Å². The minimum absolute atomic E-state index is 0.145. The molecule has 0 radical (unpaired) electrons. The third kappa shape index (κ3) is 3.59. The number of benzene rings is 3. The molecule has 1 atom stereocenters. The van der Waals surface area contributed by atoms with E-state index in [0.29, 0.717) is 5.92 Å². The zero-order valence-corrected chi connectivity index (χ0v) is 18.6. The summed E-state index contributed by atoms with van der Waals surface area (Å²) >= 11 is 0. The molecule has 1 unspecified atom stereocenters. The van der Waals surface area contributed by atoms with Crippen molar-refractivity contribution in [3.8, 4) is 0 Å². The van der Waals surface area contributed by atoms with E-state index < -0.39 is 0 Å². The first-order valence-corrected chi connectivity index (χ1v) is 10.8. The molecule has 0 saturated heterocycles. The molecule has 0 aliphatic carbocycles. The van der Waals surface area contributed by atoms with Crippen molar-refractivity contribution in [1.82, 2.24) is 4.98 Å². The lowest BCUT2D eigenvalue weighted by Gasteiger charge is -2.34. The van der Waals surface area contributed by atoms with E-state index in [1.54, 1.807) is 0 Å². The van der Waals surface area contributed by atoms with Gasteiger partial charge in [-0.25, -0.2) is 0 Å². The fraction of sp³-hybridized carbons (Fsp3) is 0.357. The van der Waals surface area contributed by atoms with Gasteiger partial charge in [-0.05, 0) is 51.8 Å². The average molecular weight is 384 g/mol. The Hall–Kier alpha value is -2.54. The van der Waals surface area contributed by atoms with Gasteiger partial charge in [0.05, 0.1) is 0 Å². The fourth-order valence-corrected chi connectivity index (χ4v) is 4.51. The van der Waals surface area contributed by atoms with Crippen LogP contribution >= 0.6 is 0 Å². The molecule has 0 aliphatic heterocycles. The third-order valence-electron chi connectivity index (χ3n) is 6.65. The van der Waals surface area contributed by atoms with Crippen LogP contribution in [0.5, 0.6) is 0 Å².